The summed E-state index contributed by atoms with van der Waals surface area (Å²) < 4.78 is 2.04. The number of nitriles is 1. The average Bonchev–Trinajstić information content (AvgIpc) is 2.90. The molecule has 0 saturated carbocycles. The van der Waals surface area contributed by atoms with Crippen molar-refractivity contribution in [1.82, 2.24) is 9.55 Å². The van der Waals surface area contributed by atoms with E-state index >= 15 is 0 Å². The van der Waals surface area contributed by atoms with Crippen LogP contribution in [-0.2, 0) is 26.3 Å². The molecule has 0 spiro atoms. The van der Waals surface area contributed by atoms with Gasteiger partial charge in [0, 0.05) is 25.9 Å². The number of rotatable bonds is 3. The van der Waals surface area contributed by atoms with E-state index in [2.05, 4.69) is 35.3 Å². The van der Waals surface area contributed by atoms with Gasteiger partial charge in [-0.25, -0.2) is 4.98 Å². The van der Waals surface area contributed by atoms with Gasteiger partial charge in [-0.3, -0.25) is 0 Å². The lowest BCUT2D eigenvalue weighted by molar-refractivity contribution is 0.313. The third-order valence-corrected chi connectivity index (χ3v) is 4.51. The summed E-state index contributed by atoms with van der Waals surface area (Å²) in [5.41, 5.74) is 2.54. The van der Waals surface area contributed by atoms with Crippen LogP contribution in [0.25, 0.3) is 0 Å². The van der Waals surface area contributed by atoms with Crippen LogP contribution in [0.15, 0.2) is 36.7 Å². The Bertz CT molecular complexity index is 650. The first-order valence-electron chi connectivity index (χ1n) is 7.17. The van der Waals surface area contributed by atoms with Gasteiger partial charge in [0.1, 0.15) is 5.82 Å². The Morgan fingerprint density at radius 3 is 2.85 bits per heavy atom. The molecule has 20 heavy (non-hydrogen) atoms. The maximum Gasteiger partial charge on any atom is 0.108 e. The third kappa shape index (κ3) is 2.34. The predicted octanol–water partition coefficient (Wildman–Crippen LogP) is 3.05. The van der Waals surface area contributed by atoms with Gasteiger partial charge in [0.15, 0.2) is 0 Å². The van der Waals surface area contributed by atoms with Crippen LogP contribution in [0, 0.1) is 16.7 Å². The van der Waals surface area contributed by atoms with Crippen molar-refractivity contribution in [2.75, 3.05) is 0 Å². The molecule has 0 aliphatic heterocycles. The number of aromatic nitrogens is 2. The normalized spacial score (nSPS) is 21.2. The first-order valence-corrected chi connectivity index (χ1v) is 7.17. The summed E-state index contributed by atoms with van der Waals surface area (Å²) in [5, 5.41) is 9.69. The van der Waals surface area contributed by atoms with Crippen molar-refractivity contribution in [2.24, 2.45) is 12.5 Å². The number of imidazole rings is 1. The van der Waals surface area contributed by atoms with E-state index < -0.39 is 0 Å². The van der Waals surface area contributed by atoms with E-state index in [1.807, 2.05) is 24.0 Å². The Morgan fingerprint density at radius 2 is 2.15 bits per heavy atom. The fraction of sp³-hybridized carbons (Fsp3) is 0.412. The molecule has 102 valence electrons. The van der Waals surface area contributed by atoms with E-state index in [1.165, 1.54) is 11.1 Å². The van der Waals surface area contributed by atoms with Crippen molar-refractivity contribution < 1.29 is 0 Å². The van der Waals surface area contributed by atoms with Crippen LogP contribution in [0.4, 0.5) is 0 Å². The van der Waals surface area contributed by atoms with Gasteiger partial charge < -0.3 is 4.57 Å². The second kappa shape index (κ2) is 5.13. The van der Waals surface area contributed by atoms with Crippen molar-refractivity contribution in [3.63, 3.8) is 0 Å². The fourth-order valence-electron chi connectivity index (χ4n) is 3.15. The van der Waals surface area contributed by atoms with E-state index in [0.717, 1.165) is 37.9 Å². The molecule has 1 aliphatic carbocycles. The summed E-state index contributed by atoms with van der Waals surface area (Å²) in [4.78, 5) is 4.36. The van der Waals surface area contributed by atoms with Gasteiger partial charge in [-0.1, -0.05) is 24.3 Å². The van der Waals surface area contributed by atoms with E-state index in [1.54, 1.807) is 0 Å². The minimum Gasteiger partial charge on any atom is -0.338 e. The molecular formula is C17H19N3. The highest BCUT2D eigenvalue weighted by Crippen LogP contribution is 2.38. The van der Waals surface area contributed by atoms with Crippen LogP contribution in [0.2, 0.25) is 0 Å². The number of hydrogen-bond acceptors (Lipinski definition) is 2. The Balaban J connectivity index is 1.77. The number of nitrogens with zero attached hydrogens (tertiary/aromatic N) is 3. The van der Waals surface area contributed by atoms with Crippen molar-refractivity contribution in [2.45, 2.75) is 32.1 Å². The minimum atomic E-state index is -0.222. The minimum absolute atomic E-state index is 0.222. The number of hydrogen-bond donors (Lipinski definition) is 0. The molecular weight excluding hydrogens is 246 g/mol. The standard InChI is InChI=1S/C17H19N3/c1-20-11-10-19-16(20)7-9-17(13-18)8-6-14-4-2-3-5-15(14)12-17/h2-5,10-11H,6-9,12H2,1H3. The number of aryl methyl sites for hydroxylation is 3. The van der Waals surface area contributed by atoms with Crippen molar-refractivity contribution in [1.29, 1.82) is 5.26 Å². The quantitative estimate of drug-likeness (QED) is 0.856. The first-order chi connectivity index (χ1) is 9.72. The van der Waals surface area contributed by atoms with Gasteiger partial charge in [-0.15, -0.1) is 0 Å². The van der Waals surface area contributed by atoms with Crippen LogP contribution in [-0.4, -0.2) is 9.55 Å². The predicted molar refractivity (Wildman–Crippen MR) is 78.0 cm³/mol. The number of fused-ring (bicyclic) bond motifs is 1. The SMILES string of the molecule is Cn1ccnc1CCC1(C#N)CCc2ccccc2C1. The zero-order chi connectivity index (χ0) is 14.0. The zero-order valence-corrected chi connectivity index (χ0v) is 11.8. The zero-order valence-electron chi connectivity index (χ0n) is 11.8. The molecule has 0 N–H and O–H groups in total. The molecule has 1 unspecified atom stereocenters. The molecule has 0 amide bonds. The second-order valence-corrected chi connectivity index (χ2v) is 5.79. The molecule has 1 atom stereocenters. The van der Waals surface area contributed by atoms with E-state index in [9.17, 15) is 5.26 Å². The molecule has 0 saturated heterocycles. The summed E-state index contributed by atoms with van der Waals surface area (Å²) in [6.07, 6.45) is 8.41. The summed E-state index contributed by atoms with van der Waals surface area (Å²) in [6, 6.07) is 11.1. The van der Waals surface area contributed by atoms with Gasteiger partial charge in [0.2, 0.25) is 0 Å². The average molecular weight is 265 g/mol. The largest absolute Gasteiger partial charge is 0.338 e. The summed E-state index contributed by atoms with van der Waals surface area (Å²) >= 11 is 0. The van der Waals surface area contributed by atoms with Crippen LogP contribution >= 0.6 is 0 Å². The van der Waals surface area contributed by atoms with Gasteiger partial charge in [0.05, 0.1) is 11.5 Å². The second-order valence-electron chi connectivity index (χ2n) is 5.79. The summed E-state index contributed by atoms with van der Waals surface area (Å²) in [6.45, 7) is 0. The lowest BCUT2D eigenvalue weighted by atomic mass is 9.70. The third-order valence-electron chi connectivity index (χ3n) is 4.51. The monoisotopic (exact) mass is 265 g/mol. The highest BCUT2D eigenvalue weighted by molar-refractivity contribution is 5.32. The number of benzene rings is 1. The molecule has 0 fully saturated rings. The maximum absolute atomic E-state index is 9.69. The Hall–Kier alpha value is -2.08. The van der Waals surface area contributed by atoms with Gasteiger partial charge in [-0.2, -0.15) is 5.26 Å². The molecule has 3 heteroatoms. The lowest BCUT2D eigenvalue weighted by Gasteiger charge is -2.32. The van der Waals surface area contributed by atoms with E-state index in [0.29, 0.717) is 0 Å². The molecule has 1 aliphatic rings. The van der Waals surface area contributed by atoms with E-state index in [4.69, 9.17) is 0 Å². The molecule has 3 nitrogen and oxygen atoms in total. The smallest absolute Gasteiger partial charge is 0.108 e. The highest BCUT2D eigenvalue weighted by atomic mass is 15.0. The molecule has 2 aromatic rings. The van der Waals surface area contributed by atoms with Crippen LogP contribution in [0.3, 0.4) is 0 Å². The van der Waals surface area contributed by atoms with Crippen LogP contribution < -0.4 is 0 Å². The van der Waals surface area contributed by atoms with Crippen molar-refractivity contribution in [3.8, 4) is 6.07 Å². The Labute approximate surface area is 119 Å². The van der Waals surface area contributed by atoms with Gasteiger partial charge in [0.25, 0.3) is 0 Å². The summed E-state index contributed by atoms with van der Waals surface area (Å²) in [7, 11) is 2.01. The molecule has 1 heterocycles. The topological polar surface area (TPSA) is 41.6 Å². The first kappa shape index (κ1) is 12.9. The maximum atomic E-state index is 9.69. The van der Waals surface area contributed by atoms with Crippen LogP contribution in [0.5, 0.6) is 0 Å². The molecule has 1 aromatic carbocycles. The molecule has 0 radical (unpaired) electrons. The van der Waals surface area contributed by atoms with E-state index in [-0.39, 0.29) is 5.41 Å². The van der Waals surface area contributed by atoms with Gasteiger partial charge in [-0.05, 0) is 36.8 Å². The molecule has 1 aromatic heterocycles. The summed E-state index contributed by atoms with van der Waals surface area (Å²) in [5.74, 6) is 1.07. The molecule has 3 rings (SSSR count). The molecule has 0 bridgehead atoms. The van der Waals surface area contributed by atoms with Crippen molar-refractivity contribution >= 4 is 0 Å². The lowest BCUT2D eigenvalue weighted by Crippen LogP contribution is -2.28. The van der Waals surface area contributed by atoms with Gasteiger partial charge >= 0.3 is 0 Å². The van der Waals surface area contributed by atoms with Crippen LogP contribution in [0.1, 0.15) is 29.8 Å². The van der Waals surface area contributed by atoms with Crippen molar-refractivity contribution in [3.05, 3.63) is 53.6 Å². The Morgan fingerprint density at radius 1 is 1.35 bits per heavy atom. The highest BCUT2D eigenvalue weighted by Gasteiger charge is 2.34. The Kier molecular flexibility index (Phi) is 3.31. The fourth-order valence-corrected chi connectivity index (χ4v) is 3.15.